The van der Waals surface area contributed by atoms with Gasteiger partial charge in [0.1, 0.15) is 19.3 Å². The molecule has 0 bridgehead atoms. The lowest BCUT2D eigenvalue weighted by atomic mass is 10.0. The normalized spacial score (nSPS) is 13.5. The Kier molecular flexibility index (Phi) is 68.7. The zero-order valence-electron chi connectivity index (χ0n) is 61.1. The lowest BCUT2D eigenvalue weighted by Gasteiger charge is -2.30. The van der Waals surface area contributed by atoms with E-state index < -0.39 is 20.0 Å². The Morgan fingerprint density at radius 2 is 0.678 bits per heavy atom. The summed E-state index contributed by atoms with van der Waals surface area (Å²) in [6.07, 6.45) is 88.7. The van der Waals surface area contributed by atoms with Crippen molar-refractivity contribution in [2.24, 2.45) is 0 Å². The quantitative estimate of drug-likeness (QED) is 0.0212. The second kappa shape index (κ2) is 70.0. The van der Waals surface area contributed by atoms with Crippen molar-refractivity contribution < 1.29 is 37.3 Å². The number of esters is 1. The molecule has 0 heterocycles. The van der Waals surface area contributed by atoms with Gasteiger partial charge in [0.15, 0.2) is 0 Å². The van der Waals surface area contributed by atoms with Gasteiger partial charge < -0.3 is 28.5 Å². The molecule has 90 heavy (non-hydrogen) atoms. The SMILES string of the molecule is CCCCC/C=C\C/C=C\CCCCCCCCCCCCCCCCCC(=O)OC(/C=C/CCCCCCCCCCCC)C(COP(=O)([O-])OCC[N+](C)(C)C)NC(=O)CCCCCCCCCCCCCCCCCCCCCCCCCCCCC. The summed E-state index contributed by atoms with van der Waals surface area (Å²) in [6.45, 7) is 6.90. The van der Waals surface area contributed by atoms with Crippen molar-refractivity contribution >= 4 is 19.7 Å². The highest BCUT2D eigenvalue weighted by Crippen LogP contribution is 2.38. The Bertz CT molecular complexity index is 1630. The van der Waals surface area contributed by atoms with Crippen molar-refractivity contribution in [3.63, 3.8) is 0 Å². The number of unbranched alkanes of at least 4 members (excludes halogenated alkanes) is 54. The average molecular weight is 1290 g/mol. The van der Waals surface area contributed by atoms with Crippen molar-refractivity contribution in [2.45, 2.75) is 425 Å². The molecule has 10 heteroatoms. The predicted molar refractivity (Wildman–Crippen MR) is 390 cm³/mol. The molecule has 0 aliphatic rings. The van der Waals surface area contributed by atoms with Crippen LogP contribution in [0.5, 0.6) is 0 Å². The number of hydrogen-bond donors (Lipinski definition) is 1. The largest absolute Gasteiger partial charge is 0.756 e. The second-order valence-corrected chi connectivity index (χ2v) is 30.0. The van der Waals surface area contributed by atoms with Crippen LogP contribution in [0, 0.1) is 0 Å². The lowest BCUT2D eigenvalue weighted by molar-refractivity contribution is -0.870. The Morgan fingerprint density at radius 1 is 0.389 bits per heavy atom. The van der Waals surface area contributed by atoms with Crippen molar-refractivity contribution in [3.8, 4) is 0 Å². The fraction of sp³-hybridized carbons (Fsp3) is 0.900. The number of amides is 1. The minimum absolute atomic E-state index is 0.0185. The molecule has 1 amide bonds. The molecule has 3 atom stereocenters. The van der Waals surface area contributed by atoms with E-state index in [1.54, 1.807) is 0 Å². The van der Waals surface area contributed by atoms with E-state index >= 15 is 0 Å². The Labute approximate surface area is 561 Å². The third kappa shape index (κ3) is 70.5. The molecule has 0 aromatic rings. The van der Waals surface area contributed by atoms with Gasteiger partial charge >= 0.3 is 5.97 Å². The number of likely N-dealkylation sites (N-methyl/N-ethyl adjacent to an activating group) is 1. The minimum atomic E-state index is -4.70. The van der Waals surface area contributed by atoms with Gasteiger partial charge in [0, 0.05) is 12.8 Å². The van der Waals surface area contributed by atoms with E-state index in [-0.39, 0.29) is 31.5 Å². The summed E-state index contributed by atoms with van der Waals surface area (Å²) in [7, 11) is 1.21. The number of nitrogens with one attached hydrogen (secondary N) is 1. The van der Waals surface area contributed by atoms with Crippen molar-refractivity contribution in [1.29, 1.82) is 0 Å². The monoisotopic (exact) mass is 1290 g/mol. The Balaban J connectivity index is 4.88. The fourth-order valence-electron chi connectivity index (χ4n) is 12.2. The topological polar surface area (TPSA) is 114 Å². The first-order valence-corrected chi connectivity index (χ1v) is 41.3. The number of hydrogen-bond acceptors (Lipinski definition) is 7. The summed E-state index contributed by atoms with van der Waals surface area (Å²) < 4.78 is 30.6. The van der Waals surface area contributed by atoms with Crippen LogP contribution >= 0.6 is 7.82 Å². The molecule has 0 spiro atoms. The summed E-state index contributed by atoms with van der Waals surface area (Å²) in [5, 5.41) is 3.06. The highest BCUT2D eigenvalue weighted by Gasteiger charge is 2.27. The Hall–Kier alpha value is -1.77. The first-order valence-electron chi connectivity index (χ1n) is 39.8. The molecule has 0 aromatic carbocycles. The molecule has 0 aromatic heterocycles. The van der Waals surface area contributed by atoms with E-state index in [9.17, 15) is 19.0 Å². The number of rotatable bonds is 74. The maximum absolute atomic E-state index is 13.6. The average Bonchev–Trinajstić information content (AvgIpc) is 3.11. The van der Waals surface area contributed by atoms with Crippen LogP contribution in [0.25, 0.3) is 0 Å². The zero-order valence-corrected chi connectivity index (χ0v) is 62.0. The van der Waals surface area contributed by atoms with Crippen LogP contribution in [0.4, 0.5) is 0 Å². The molecule has 9 nitrogen and oxygen atoms in total. The molecule has 532 valence electrons. The third-order valence-electron chi connectivity index (χ3n) is 18.3. The minimum Gasteiger partial charge on any atom is -0.756 e. The van der Waals surface area contributed by atoms with E-state index in [4.69, 9.17) is 13.8 Å². The number of phosphoric acid groups is 1. The molecule has 0 fully saturated rings. The van der Waals surface area contributed by atoms with Gasteiger partial charge in [0.2, 0.25) is 5.91 Å². The third-order valence-corrected chi connectivity index (χ3v) is 19.3. The van der Waals surface area contributed by atoms with E-state index in [0.717, 1.165) is 64.2 Å². The fourth-order valence-corrected chi connectivity index (χ4v) is 12.9. The van der Waals surface area contributed by atoms with Gasteiger partial charge in [-0.1, -0.05) is 372 Å². The number of carbonyl (C=O) groups excluding carboxylic acids is 2. The van der Waals surface area contributed by atoms with Crippen LogP contribution in [-0.4, -0.2) is 69.4 Å². The summed E-state index contributed by atoms with van der Waals surface area (Å²) in [5.41, 5.74) is 0. The number of allylic oxidation sites excluding steroid dienone is 5. The standard InChI is InChI=1S/C80H155N2O7P/c1-7-10-13-16-19-22-25-28-30-32-34-36-38-40-41-43-44-46-48-50-52-54-57-60-63-66-69-72-79(83)81-77(76-88-90(85,86)87-75-74-82(4,5)6)78(71-68-65-62-59-56-27-24-21-18-15-12-9-3)89-80(84)73-70-67-64-61-58-55-53-51-49-47-45-42-39-37-35-33-31-29-26-23-20-17-14-11-8-2/h20,23,29,31,68,71,77-78H,7-19,21-22,24-28,30,32-67,69-70,72-76H2,1-6H3,(H-,81,83,85,86)/b23-20-,31-29-,71-68+. The van der Waals surface area contributed by atoms with Gasteiger partial charge in [-0.25, -0.2) is 0 Å². The maximum atomic E-state index is 13.6. The van der Waals surface area contributed by atoms with Crippen LogP contribution in [0.3, 0.4) is 0 Å². The molecule has 0 saturated heterocycles. The maximum Gasteiger partial charge on any atom is 0.306 e. The first kappa shape index (κ1) is 88.2. The van der Waals surface area contributed by atoms with Crippen molar-refractivity contribution in [2.75, 3.05) is 40.9 Å². The van der Waals surface area contributed by atoms with Gasteiger partial charge in [-0.2, -0.15) is 0 Å². The number of carbonyl (C=O) groups is 2. The Morgan fingerprint density at radius 3 is 1.02 bits per heavy atom. The van der Waals surface area contributed by atoms with Crippen LogP contribution in [0.2, 0.25) is 0 Å². The zero-order chi connectivity index (χ0) is 65.6. The summed E-state index contributed by atoms with van der Waals surface area (Å²) in [6, 6.07) is -0.885. The number of phosphoric ester groups is 1. The summed E-state index contributed by atoms with van der Waals surface area (Å²) in [4.78, 5) is 40.3. The van der Waals surface area contributed by atoms with Crippen LogP contribution in [0.1, 0.15) is 412 Å². The van der Waals surface area contributed by atoms with Gasteiger partial charge in [-0.15, -0.1) is 0 Å². The van der Waals surface area contributed by atoms with Gasteiger partial charge in [-0.05, 0) is 63.9 Å². The van der Waals surface area contributed by atoms with Gasteiger partial charge in [0.25, 0.3) is 7.82 Å². The molecular formula is C80H155N2O7P. The van der Waals surface area contributed by atoms with E-state index in [2.05, 4.69) is 50.4 Å². The number of nitrogens with zero attached hydrogens (tertiary/aromatic N) is 1. The first-order chi connectivity index (χ1) is 43.9. The van der Waals surface area contributed by atoms with Gasteiger partial charge in [-0.3, -0.25) is 14.2 Å². The van der Waals surface area contributed by atoms with Crippen LogP contribution in [-0.2, 0) is 27.9 Å². The molecule has 0 aliphatic carbocycles. The smallest absolute Gasteiger partial charge is 0.306 e. The van der Waals surface area contributed by atoms with E-state index in [0.29, 0.717) is 17.4 Å². The summed E-state index contributed by atoms with van der Waals surface area (Å²) in [5.74, 6) is -0.516. The highest BCUT2D eigenvalue weighted by molar-refractivity contribution is 7.45. The molecule has 0 radical (unpaired) electrons. The second-order valence-electron chi connectivity index (χ2n) is 28.6. The predicted octanol–water partition coefficient (Wildman–Crippen LogP) is 25.1. The van der Waals surface area contributed by atoms with Crippen LogP contribution in [0.15, 0.2) is 36.5 Å². The van der Waals surface area contributed by atoms with Crippen molar-refractivity contribution in [1.82, 2.24) is 5.32 Å². The van der Waals surface area contributed by atoms with Crippen molar-refractivity contribution in [3.05, 3.63) is 36.5 Å². The lowest BCUT2D eigenvalue weighted by Crippen LogP contribution is -2.47. The molecule has 3 unspecified atom stereocenters. The van der Waals surface area contributed by atoms with E-state index in [1.807, 2.05) is 33.3 Å². The molecule has 1 N–H and O–H groups in total. The molecular weight excluding hydrogens is 1130 g/mol. The van der Waals surface area contributed by atoms with Gasteiger partial charge in [0.05, 0.1) is 33.8 Å². The summed E-state index contributed by atoms with van der Waals surface area (Å²) >= 11 is 0. The number of quaternary nitrogens is 1. The van der Waals surface area contributed by atoms with E-state index in [1.165, 1.54) is 315 Å². The molecule has 0 saturated carbocycles. The molecule has 0 aliphatic heterocycles. The number of ether oxygens (including phenoxy) is 1. The molecule has 0 rings (SSSR count). The highest BCUT2D eigenvalue weighted by atomic mass is 31.2. The van der Waals surface area contributed by atoms with Crippen LogP contribution < -0.4 is 10.2 Å².